The van der Waals surface area contributed by atoms with Crippen LogP contribution in [0.2, 0.25) is 0 Å². The van der Waals surface area contributed by atoms with E-state index in [0.29, 0.717) is 0 Å². The third-order valence-corrected chi connectivity index (χ3v) is 2.03. The number of ether oxygens (including phenoxy) is 2. The molecule has 0 rings (SSSR count). The first kappa shape index (κ1) is 17.2. The molecular formula is C12H22N2O5. The highest BCUT2D eigenvalue weighted by molar-refractivity contribution is 6.02. The van der Waals surface area contributed by atoms with E-state index < -0.39 is 29.0 Å². The minimum absolute atomic E-state index is 0.176. The number of hydrogen-bond donors (Lipinski definition) is 2. The molecule has 0 unspecified atom stereocenters. The maximum absolute atomic E-state index is 11.8. The second-order valence-electron chi connectivity index (χ2n) is 5.43. The standard InChI is InChI=1S/C12H22N2O5/c1-7-18-9(16)12(5,6)8(15)13-14-10(17)19-11(2,3)4/h7H2,1-6H3,(H,13,15)(H,14,17). The first-order valence-electron chi connectivity index (χ1n) is 5.97. The van der Waals surface area contributed by atoms with Gasteiger partial charge in [0.05, 0.1) is 6.61 Å². The molecule has 0 aromatic carbocycles. The second-order valence-corrected chi connectivity index (χ2v) is 5.43. The Balaban J connectivity index is 4.39. The Morgan fingerprint density at radius 3 is 1.95 bits per heavy atom. The Morgan fingerprint density at radius 2 is 1.53 bits per heavy atom. The summed E-state index contributed by atoms with van der Waals surface area (Å²) in [6.07, 6.45) is -0.805. The van der Waals surface area contributed by atoms with Crippen molar-refractivity contribution in [3.8, 4) is 0 Å². The lowest BCUT2D eigenvalue weighted by molar-refractivity contribution is -0.158. The predicted molar refractivity (Wildman–Crippen MR) is 67.9 cm³/mol. The summed E-state index contributed by atoms with van der Waals surface area (Å²) in [6, 6.07) is 0. The van der Waals surface area contributed by atoms with E-state index in [1.54, 1.807) is 27.7 Å². The van der Waals surface area contributed by atoms with E-state index in [0.717, 1.165) is 0 Å². The number of carbonyl (C=O) groups is 3. The van der Waals surface area contributed by atoms with Crippen LogP contribution in [0.4, 0.5) is 4.79 Å². The summed E-state index contributed by atoms with van der Waals surface area (Å²) in [4.78, 5) is 34.6. The molecule has 0 saturated carbocycles. The van der Waals surface area contributed by atoms with Crippen LogP contribution in [0.3, 0.4) is 0 Å². The van der Waals surface area contributed by atoms with Gasteiger partial charge in [-0.1, -0.05) is 0 Å². The predicted octanol–water partition coefficient (Wildman–Crippen LogP) is 1.13. The Kier molecular flexibility index (Phi) is 5.80. The van der Waals surface area contributed by atoms with Gasteiger partial charge in [-0.3, -0.25) is 15.0 Å². The molecule has 2 N–H and O–H groups in total. The lowest BCUT2D eigenvalue weighted by Gasteiger charge is -2.23. The average Bonchev–Trinajstić information content (AvgIpc) is 2.23. The Labute approximate surface area is 113 Å². The van der Waals surface area contributed by atoms with Gasteiger partial charge in [0.15, 0.2) is 0 Å². The van der Waals surface area contributed by atoms with Crippen molar-refractivity contribution < 1.29 is 23.9 Å². The van der Waals surface area contributed by atoms with Gasteiger partial charge in [0.25, 0.3) is 5.91 Å². The molecule has 0 aromatic rings. The first-order valence-corrected chi connectivity index (χ1v) is 5.97. The van der Waals surface area contributed by atoms with Gasteiger partial charge in [0.2, 0.25) is 0 Å². The molecule has 0 aliphatic carbocycles. The molecule has 7 heteroatoms. The number of amides is 2. The molecule has 7 nitrogen and oxygen atoms in total. The molecule has 0 atom stereocenters. The smallest absolute Gasteiger partial charge is 0.426 e. The Hall–Kier alpha value is -1.79. The monoisotopic (exact) mass is 274 g/mol. The van der Waals surface area contributed by atoms with E-state index in [-0.39, 0.29) is 6.61 Å². The molecule has 0 saturated heterocycles. The second kappa shape index (κ2) is 6.40. The Bertz CT molecular complexity index is 358. The van der Waals surface area contributed by atoms with E-state index in [4.69, 9.17) is 9.47 Å². The van der Waals surface area contributed by atoms with Crippen molar-refractivity contribution >= 4 is 18.0 Å². The van der Waals surface area contributed by atoms with E-state index in [2.05, 4.69) is 10.9 Å². The zero-order chi connectivity index (χ0) is 15.3. The van der Waals surface area contributed by atoms with Gasteiger partial charge in [0, 0.05) is 0 Å². The zero-order valence-corrected chi connectivity index (χ0v) is 12.2. The molecular weight excluding hydrogens is 252 g/mol. The molecule has 0 fully saturated rings. The number of rotatable bonds is 3. The van der Waals surface area contributed by atoms with Crippen LogP contribution < -0.4 is 10.9 Å². The number of nitrogens with one attached hydrogen (secondary N) is 2. The molecule has 0 heterocycles. The summed E-state index contributed by atoms with van der Waals surface area (Å²) in [6.45, 7) is 9.69. The van der Waals surface area contributed by atoms with Crippen LogP contribution in [-0.2, 0) is 19.1 Å². The maximum atomic E-state index is 11.8. The molecule has 19 heavy (non-hydrogen) atoms. The van der Waals surface area contributed by atoms with Gasteiger partial charge in [-0.15, -0.1) is 0 Å². The van der Waals surface area contributed by atoms with Crippen LogP contribution in [0, 0.1) is 5.41 Å². The van der Waals surface area contributed by atoms with Crippen molar-refractivity contribution in [1.29, 1.82) is 0 Å². The summed E-state index contributed by atoms with van der Waals surface area (Å²) in [5, 5.41) is 0. The largest absolute Gasteiger partial charge is 0.465 e. The van der Waals surface area contributed by atoms with Gasteiger partial charge in [0.1, 0.15) is 11.0 Å². The first-order chi connectivity index (χ1) is 8.50. The fraction of sp³-hybridized carbons (Fsp3) is 0.750. The highest BCUT2D eigenvalue weighted by Gasteiger charge is 2.38. The Morgan fingerprint density at radius 1 is 1.00 bits per heavy atom. The third kappa shape index (κ3) is 6.08. The van der Waals surface area contributed by atoms with E-state index >= 15 is 0 Å². The van der Waals surface area contributed by atoms with E-state index in [1.165, 1.54) is 13.8 Å². The summed E-state index contributed by atoms with van der Waals surface area (Å²) >= 11 is 0. The lowest BCUT2D eigenvalue weighted by atomic mass is 9.93. The van der Waals surface area contributed by atoms with E-state index in [1.807, 2.05) is 0 Å². The summed E-state index contributed by atoms with van der Waals surface area (Å²) in [7, 11) is 0. The molecule has 0 aliphatic heterocycles. The molecule has 0 bridgehead atoms. The van der Waals surface area contributed by atoms with Crippen LogP contribution in [0.1, 0.15) is 41.5 Å². The van der Waals surface area contributed by atoms with Gasteiger partial charge in [-0.05, 0) is 41.5 Å². The number of hydrazine groups is 1. The minimum Gasteiger partial charge on any atom is -0.465 e. The van der Waals surface area contributed by atoms with Crippen molar-refractivity contribution in [3.05, 3.63) is 0 Å². The summed E-state index contributed by atoms with van der Waals surface area (Å²) in [5.41, 5.74) is 2.12. The highest BCUT2D eigenvalue weighted by atomic mass is 16.6. The lowest BCUT2D eigenvalue weighted by Crippen LogP contribution is -2.51. The summed E-state index contributed by atoms with van der Waals surface area (Å²) < 4.78 is 9.70. The van der Waals surface area contributed by atoms with Crippen LogP contribution in [0.25, 0.3) is 0 Å². The van der Waals surface area contributed by atoms with Crippen LogP contribution >= 0.6 is 0 Å². The minimum atomic E-state index is -1.40. The SMILES string of the molecule is CCOC(=O)C(C)(C)C(=O)NNC(=O)OC(C)(C)C. The van der Waals surface area contributed by atoms with Crippen LogP contribution in [0.15, 0.2) is 0 Å². The quantitative estimate of drug-likeness (QED) is 0.457. The number of hydrogen-bond acceptors (Lipinski definition) is 5. The van der Waals surface area contributed by atoms with Crippen molar-refractivity contribution in [2.45, 2.75) is 47.1 Å². The van der Waals surface area contributed by atoms with Gasteiger partial charge < -0.3 is 9.47 Å². The molecule has 0 aromatic heterocycles. The zero-order valence-electron chi connectivity index (χ0n) is 12.2. The summed E-state index contributed by atoms with van der Waals surface area (Å²) in [5.74, 6) is -1.35. The van der Waals surface area contributed by atoms with Crippen molar-refractivity contribution in [2.75, 3.05) is 6.61 Å². The molecule has 0 radical (unpaired) electrons. The molecule has 0 spiro atoms. The third-order valence-electron chi connectivity index (χ3n) is 2.03. The van der Waals surface area contributed by atoms with E-state index in [9.17, 15) is 14.4 Å². The number of esters is 1. The fourth-order valence-corrected chi connectivity index (χ4v) is 0.972. The molecule has 110 valence electrons. The van der Waals surface area contributed by atoms with Gasteiger partial charge in [-0.2, -0.15) is 0 Å². The van der Waals surface area contributed by atoms with Crippen molar-refractivity contribution in [1.82, 2.24) is 10.9 Å². The van der Waals surface area contributed by atoms with Gasteiger partial charge >= 0.3 is 12.1 Å². The van der Waals surface area contributed by atoms with Crippen LogP contribution in [-0.4, -0.2) is 30.2 Å². The van der Waals surface area contributed by atoms with Crippen LogP contribution in [0.5, 0.6) is 0 Å². The maximum Gasteiger partial charge on any atom is 0.426 e. The van der Waals surface area contributed by atoms with Crippen molar-refractivity contribution in [2.24, 2.45) is 5.41 Å². The fourth-order valence-electron chi connectivity index (χ4n) is 0.972. The van der Waals surface area contributed by atoms with Gasteiger partial charge in [-0.25, -0.2) is 10.2 Å². The van der Waals surface area contributed by atoms with Crippen molar-refractivity contribution in [3.63, 3.8) is 0 Å². The number of carbonyl (C=O) groups excluding carboxylic acids is 3. The topological polar surface area (TPSA) is 93.7 Å². The highest BCUT2D eigenvalue weighted by Crippen LogP contribution is 2.17. The average molecular weight is 274 g/mol. The molecule has 0 aliphatic rings. The normalized spacial score (nSPS) is 11.5. The molecule has 2 amide bonds.